The van der Waals surface area contributed by atoms with Gasteiger partial charge in [-0.05, 0) is 62.4 Å². The van der Waals surface area contributed by atoms with Crippen molar-refractivity contribution in [3.63, 3.8) is 0 Å². The first-order chi connectivity index (χ1) is 16.9. The van der Waals surface area contributed by atoms with Crippen molar-refractivity contribution in [2.45, 2.75) is 66.5 Å². The Hall–Kier alpha value is -2.98. The normalized spacial score (nSPS) is 13.3. The number of carbonyl (C=O) groups excluding carboxylic acids is 1. The first-order valence-corrected chi connectivity index (χ1v) is 12.7. The molecule has 186 valence electrons. The third-order valence-electron chi connectivity index (χ3n) is 6.96. The number of halogens is 1. The van der Waals surface area contributed by atoms with E-state index in [1.165, 1.54) is 11.6 Å². The molecule has 0 saturated heterocycles. The van der Waals surface area contributed by atoms with Gasteiger partial charge in [0.2, 0.25) is 0 Å². The van der Waals surface area contributed by atoms with Gasteiger partial charge in [0.05, 0.1) is 18.3 Å². The van der Waals surface area contributed by atoms with Crippen molar-refractivity contribution in [3.05, 3.63) is 88.9 Å². The van der Waals surface area contributed by atoms with Crippen LogP contribution < -0.4 is 0 Å². The van der Waals surface area contributed by atoms with Gasteiger partial charge in [-0.3, -0.25) is 4.79 Å². The summed E-state index contributed by atoms with van der Waals surface area (Å²) in [5.74, 6) is -0.272. The van der Waals surface area contributed by atoms with Gasteiger partial charge in [0.1, 0.15) is 5.82 Å². The minimum absolute atomic E-state index is 0.102. The molecule has 35 heavy (non-hydrogen) atoms. The number of ketones is 1. The Balaban J connectivity index is 2.47. The van der Waals surface area contributed by atoms with Crippen LogP contribution in [0.25, 0.3) is 16.5 Å². The summed E-state index contributed by atoms with van der Waals surface area (Å²) >= 11 is 0. The van der Waals surface area contributed by atoms with Gasteiger partial charge in [0, 0.05) is 35.1 Å². The molecule has 0 fully saturated rings. The van der Waals surface area contributed by atoms with E-state index in [4.69, 9.17) is 4.74 Å². The fourth-order valence-corrected chi connectivity index (χ4v) is 4.73. The minimum Gasteiger partial charge on any atom is -0.377 e. The molecule has 0 bridgehead atoms. The molecule has 0 N–H and O–H groups in total. The zero-order valence-corrected chi connectivity index (χ0v) is 21.9. The molecule has 0 spiro atoms. The molecule has 0 aliphatic carbocycles. The number of nitrogens with zero attached hydrogens (tertiary/aromatic N) is 1. The summed E-state index contributed by atoms with van der Waals surface area (Å²) in [5, 5.41) is 1.01. The molecule has 3 rings (SSSR count). The number of Topliss-reactive ketones (excluding diaryl/α,β-unsaturated/α-hetero) is 1. The molecule has 0 saturated carbocycles. The molecule has 1 unspecified atom stereocenters. The maximum atomic E-state index is 14.8. The summed E-state index contributed by atoms with van der Waals surface area (Å²) in [4.78, 5) is 14.1. The van der Waals surface area contributed by atoms with Crippen molar-refractivity contribution in [1.29, 1.82) is 0 Å². The minimum atomic E-state index is -0.267. The highest BCUT2D eigenvalue weighted by molar-refractivity contribution is 6.09. The highest BCUT2D eigenvalue weighted by atomic mass is 19.1. The Morgan fingerprint density at radius 1 is 1.11 bits per heavy atom. The molecular weight excluding hydrogens is 437 g/mol. The van der Waals surface area contributed by atoms with Crippen LogP contribution in [0.5, 0.6) is 0 Å². The Labute approximate surface area is 209 Å². The topological polar surface area (TPSA) is 31.2 Å². The summed E-state index contributed by atoms with van der Waals surface area (Å²) in [6, 6.07) is 13.2. The standard InChI is InChI=1S/C31H38FNO2/c1-7-11-15-25(21(5)35-6)29-26-19-22(8-2)17-18-28(26)33(20-24-14-12-13-16-27(24)32)30(29)31(34)23(9-3)10-4/h7,11-19,21,23H,8-10,20H2,1-6H3/b11-7-,25-15+. The van der Waals surface area contributed by atoms with Crippen molar-refractivity contribution in [2.24, 2.45) is 5.92 Å². The van der Waals surface area contributed by atoms with Crippen molar-refractivity contribution < 1.29 is 13.9 Å². The third-order valence-corrected chi connectivity index (χ3v) is 6.96. The van der Waals surface area contributed by atoms with E-state index < -0.39 is 0 Å². The largest absolute Gasteiger partial charge is 0.377 e. The number of hydrogen-bond acceptors (Lipinski definition) is 2. The second-order valence-corrected chi connectivity index (χ2v) is 9.01. The van der Waals surface area contributed by atoms with Crippen LogP contribution in [-0.2, 0) is 17.7 Å². The van der Waals surface area contributed by atoms with Gasteiger partial charge in [0.15, 0.2) is 5.78 Å². The van der Waals surface area contributed by atoms with Gasteiger partial charge in [-0.2, -0.15) is 0 Å². The molecule has 2 aromatic carbocycles. The zero-order chi connectivity index (χ0) is 25.5. The van der Waals surface area contributed by atoms with Crippen molar-refractivity contribution in [1.82, 2.24) is 4.57 Å². The molecule has 1 atom stereocenters. The predicted octanol–water partition coefficient (Wildman–Crippen LogP) is 8.00. The van der Waals surface area contributed by atoms with Crippen LogP contribution in [0.2, 0.25) is 0 Å². The Kier molecular flexibility index (Phi) is 9.22. The average Bonchev–Trinajstić information content (AvgIpc) is 3.19. The third kappa shape index (κ3) is 5.48. The molecule has 3 nitrogen and oxygen atoms in total. The lowest BCUT2D eigenvalue weighted by Gasteiger charge is -2.20. The number of hydrogen-bond donors (Lipinski definition) is 0. The summed E-state index contributed by atoms with van der Waals surface area (Å²) in [6.45, 7) is 10.5. The van der Waals surface area contributed by atoms with E-state index in [9.17, 15) is 9.18 Å². The lowest BCUT2D eigenvalue weighted by Crippen LogP contribution is -2.21. The number of benzene rings is 2. The van der Waals surface area contributed by atoms with Crippen molar-refractivity contribution >= 4 is 22.3 Å². The van der Waals surface area contributed by atoms with Gasteiger partial charge in [-0.15, -0.1) is 0 Å². The van der Waals surface area contributed by atoms with E-state index in [0.717, 1.165) is 41.3 Å². The van der Waals surface area contributed by atoms with E-state index in [0.29, 0.717) is 11.3 Å². The monoisotopic (exact) mass is 475 g/mol. The summed E-state index contributed by atoms with van der Waals surface area (Å²) in [5.41, 5.74) is 5.18. The summed E-state index contributed by atoms with van der Waals surface area (Å²) < 4.78 is 22.6. The second kappa shape index (κ2) is 12.1. The van der Waals surface area contributed by atoms with E-state index >= 15 is 0 Å². The fraction of sp³-hybridized carbons (Fsp3) is 0.387. The van der Waals surface area contributed by atoms with E-state index in [1.54, 1.807) is 19.2 Å². The van der Waals surface area contributed by atoms with Crippen LogP contribution >= 0.6 is 0 Å². The second-order valence-electron chi connectivity index (χ2n) is 9.01. The maximum absolute atomic E-state index is 14.8. The Bertz CT molecular complexity index is 1230. The summed E-state index contributed by atoms with van der Waals surface area (Å²) in [6.07, 6.45) is 8.17. The van der Waals surface area contributed by atoms with Crippen molar-refractivity contribution in [3.8, 4) is 0 Å². The van der Waals surface area contributed by atoms with E-state index in [-0.39, 0.29) is 30.2 Å². The van der Waals surface area contributed by atoms with Gasteiger partial charge < -0.3 is 9.30 Å². The van der Waals surface area contributed by atoms with Crippen LogP contribution in [0.1, 0.15) is 74.6 Å². The SMILES string of the molecule is C/C=C\C=C(\c1c(C(=O)C(CC)CC)n(Cc2ccccc2F)c2ccc(CC)cc12)C(C)OC. The van der Waals surface area contributed by atoms with Crippen molar-refractivity contribution in [2.75, 3.05) is 7.11 Å². The van der Waals surface area contributed by atoms with Gasteiger partial charge >= 0.3 is 0 Å². The molecule has 0 radical (unpaired) electrons. The average molecular weight is 476 g/mol. The number of carbonyl (C=O) groups is 1. The highest BCUT2D eigenvalue weighted by Gasteiger charge is 2.30. The number of methoxy groups -OCH3 is 1. The molecular formula is C31H38FNO2. The number of aryl methyl sites for hydroxylation is 1. The Morgan fingerprint density at radius 3 is 2.43 bits per heavy atom. The lowest BCUT2D eigenvalue weighted by atomic mass is 9.89. The van der Waals surface area contributed by atoms with E-state index in [2.05, 4.69) is 39.0 Å². The van der Waals surface area contributed by atoms with Crippen LogP contribution in [0.15, 0.2) is 60.7 Å². The first kappa shape index (κ1) is 26.6. The molecule has 0 amide bonds. The highest BCUT2D eigenvalue weighted by Crippen LogP contribution is 2.38. The molecule has 3 aromatic rings. The maximum Gasteiger partial charge on any atom is 0.182 e. The van der Waals surface area contributed by atoms with Crippen LogP contribution in [0.3, 0.4) is 0 Å². The number of allylic oxidation sites excluding steroid dienone is 3. The van der Waals surface area contributed by atoms with E-state index in [1.807, 2.05) is 42.7 Å². The van der Waals surface area contributed by atoms with Crippen LogP contribution in [0.4, 0.5) is 4.39 Å². The zero-order valence-electron chi connectivity index (χ0n) is 21.9. The smallest absolute Gasteiger partial charge is 0.182 e. The van der Waals surface area contributed by atoms with Gasteiger partial charge in [0.25, 0.3) is 0 Å². The molecule has 1 heterocycles. The Morgan fingerprint density at radius 2 is 1.83 bits per heavy atom. The molecule has 0 aliphatic rings. The molecule has 1 aromatic heterocycles. The number of ether oxygens (including phenoxy) is 1. The molecule has 0 aliphatic heterocycles. The fourth-order valence-electron chi connectivity index (χ4n) is 4.73. The number of aromatic nitrogens is 1. The summed E-state index contributed by atoms with van der Waals surface area (Å²) in [7, 11) is 1.69. The number of fused-ring (bicyclic) bond motifs is 1. The van der Waals surface area contributed by atoms with Gasteiger partial charge in [-0.25, -0.2) is 4.39 Å². The van der Waals surface area contributed by atoms with Crippen LogP contribution in [0, 0.1) is 11.7 Å². The van der Waals surface area contributed by atoms with Crippen LogP contribution in [-0.4, -0.2) is 23.6 Å². The van der Waals surface area contributed by atoms with Gasteiger partial charge in [-0.1, -0.05) is 63.3 Å². The molecule has 4 heteroatoms. The predicted molar refractivity (Wildman–Crippen MR) is 144 cm³/mol. The lowest BCUT2D eigenvalue weighted by molar-refractivity contribution is 0.0904. The quantitative estimate of drug-likeness (QED) is 0.208. The first-order valence-electron chi connectivity index (χ1n) is 12.7. The number of rotatable bonds is 11.